The number of halogens is 1. The number of carbonyl (C=O) groups is 1. The summed E-state index contributed by atoms with van der Waals surface area (Å²) in [6.45, 7) is 3.25. The summed E-state index contributed by atoms with van der Waals surface area (Å²) in [7, 11) is 0. The third-order valence-electron chi connectivity index (χ3n) is 2.85. The standard InChI is InChI=1S/C11H20FNO/c1-10(14)9-11-5-2-3-7-13(11)8-4-6-12/h11H,2-9H2,1H3. The molecule has 0 N–H and O–H groups in total. The summed E-state index contributed by atoms with van der Waals surface area (Å²) >= 11 is 0. The van der Waals surface area contributed by atoms with Crippen LogP contribution >= 0.6 is 0 Å². The van der Waals surface area contributed by atoms with E-state index in [2.05, 4.69) is 4.90 Å². The Labute approximate surface area is 85.5 Å². The molecular formula is C11H20FNO. The Morgan fingerprint density at radius 2 is 2.29 bits per heavy atom. The molecule has 1 heterocycles. The molecule has 3 heteroatoms. The van der Waals surface area contributed by atoms with Gasteiger partial charge in [-0.05, 0) is 32.7 Å². The fourth-order valence-corrected chi connectivity index (χ4v) is 2.18. The van der Waals surface area contributed by atoms with E-state index in [0.717, 1.165) is 19.5 Å². The monoisotopic (exact) mass is 201 g/mol. The molecule has 1 aliphatic heterocycles. The molecule has 1 saturated heterocycles. The first kappa shape index (κ1) is 11.6. The molecule has 2 nitrogen and oxygen atoms in total. The van der Waals surface area contributed by atoms with Crippen molar-refractivity contribution >= 4 is 5.78 Å². The zero-order valence-corrected chi connectivity index (χ0v) is 8.97. The van der Waals surface area contributed by atoms with Crippen molar-refractivity contribution in [3.63, 3.8) is 0 Å². The Balaban J connectivity index is 2.37. The SMILES string of the molecule is CC(=O)CC1CCCCN1CCCF. The third-order valence-corrected chi connectivity index (χ3v) is 2.85. The number of carbonyl (C=O) groups excluding carboxylic acids is 1. The fourth-order valence-electron chi connectivity index (χ4n) is 2.18. The second-order valence-electron chi connectivity index (χ2n) is 4.13. The Morgan fingerprint density at radius 3 is 2.93 bits per heavy atom. The lowest BCUT2D eigenvalue weighted by atomic mass is 9.97. The van der Waals surface area contributed by atoms with Crippen molar-refractivity contribution in [2.45, 2.75) is 45.1 Å². The maximum Gasteiger partial charge on any atom is 0.131 e. The van der Waals surface area contributed by atoms with Crippen LogP contribution in [-0.2, 0) is 4.79 Å². The van der Waals surface area contributed by atoms with Gasteiger partial charge in [-0.3, -0.25) is 14.1 Å². The van der Waals surface area contributed by atoms with Crippen LogP contribution in [0.1, 0.15) is 39.0 Å². The van der Waals surface area contributed by atoms with Crippen molar-refractivity contribution in [2.24, 2.45) is 0 Å². The quantitative estimate of drug-likeness (QED) is 0.679. The normalized spacial score (nSPS) is 23.7. The minimum atomic E-state index is -0.247. The molecule has 0 saturated carbocycles. The highest BCUT2D eigenvalue weighted by Crippen LogP contribution is 2.19. The molecule has 1 atom stereocenters. The number of Topliss-reactive ketones (excluding diaryl/α,β-unsaturated/α-hetero) is 1. The number of likely N-dealkylation sites (tertiary alicyclic amines) is 1. The Hall–Kier alpha value is -0.440. The summed E-state index contributed by atoms with van der Waals surface area (Å²) in [5.74, 6) is 0.252. The summed E-state index contributed by atoms with van der Waals surface area (Å²) in [5.41, 5.74) is 0. The fraction of sp³-hybridized carbons (Fsp3) is 0.909. The second kappa shape index (κ2) is 6.12. The molecule has 0 aromatic rings. The Kier molecular flexibility index (Phi) is 5.09. The van der Waals surface area contributed by atoms with Crippen LogP contribution in [0.3, 0.4) is 0 Å². The van der Waals surface area contributed by atoms with Crippen LogP contribution in [0.5, 0.6) is 0 Å². The van der Waals surface area contributed by atoms with Gasteiger partial charge in [0.15, 0.2) is 0 Å². The van der Waals surface area contributed by atoms with Gasteiger partial charge in [0, 0.05) is 19.0 Å². The summed E-state index contributed by atoms with van der Waals surface area (Å²) in [4.78, 5) is 13.3. The lowest BCUT2D eigenvalue weighted by Crippen LogP contribution is -2.41. The molecule has 0 aromatic heterocycles. The van der Waals surface area contributed by atoms with Gasteiger partial charge in [0.05, 0.1) is 6.67 Å². The van der Waals surface area contributed by atoms with Crippen molar-refractivity contribution in [2.75, 3.05) is 19.8 Å². The molecule has 1 fully saturated rings. The zero-order valence-electron chi connectivity index (χ0n) is 8.97. The molecule has 0 bridgehead atoms. The highest BCUT2D eigenvalue weighted by molar-refractivity contribution is 5.76. The van der Waals surface area contributed by atoms with Crippen LogP contribution < -0.4 is 0 Å². The van der Waals surface area contributed by atoms with Crippen molar-refractivity contribution < 1.29 is 9.18 Å². The third kappa shape index (κ3) is 3.74. The second-order valence-corrected chi connectivity index (χ2v) is 4.13. The Morgan fingerprint density at radius 1 is 1.50 bits per heavy atom. The van der Waals surface area contributed by atoms with Crippen molar-refractivity contribution in [3.05, 3.63) is 0 Å². The minimum Gasteiger partial charge on any atom is -0.300 e. The average molecular weight is 201 g/mol. The van der Waals surface area contributed by atoms with Crippen molar-refractivity contribution in [1.29, 1.82) is 0 Å². The van der Waals surface area contributed by atoms with E-state index in [1.807, 2.05) is 0 Å². The first-order valence-electron chi connectivity index (χ1n) is 5.53. The van der Waals surface area contributed by atoms with Crippen LogP contribution in [0.15, 0.2) is 0 Å². The van der Waals surface area contributed by atoms with Gasteiger partial charge in [-0.2, -0.15) is 0 Å². The van der Waals surface area contributed by atoms with Gasteiger partial charge in [0.25, 0.3) is 0 Å². The maximum absolute atomic E-state index is 12.0. The van der Waals surface area contributed by atoms with Gasteiger partial charge in [0.2, 0.25) is 0 Å². The van der Waals surface area contributed by atoms with E-state index in [0.29, 0.717) is 18.9 Å². The average Bonchev–Trinajstić information content (AvgIpc) is 2.16. The van der Waals surface area contributed by atoms with Crippen LogP contribution in [0.2, 0.25) is 0 Å². The molecule has 0 aromatic carbocycles. The number of alkyl halides is 1. The van der Waals surface area contributed by atoms with Gasteiger partial charge in [-0.1, -0.05) is 6.42 Å². The van der Waals surface area contributed by atoms with Crippen LogP contribution in [0.25, 0.3) is 0 Å². The predicted molar refractivity (Wildman–Crippen MR) is 55.1 cm³/mol. The summed E-state index contributed by atoms with van der Waals surface area (Å²) in [5, 5.41) is 0. The summed E-state index contributed by atoms with van der Waals surface area (Å²) in [6.07, 6.45) is 4.76. The number of nitrogens with zero attached hydrogens (tertiary/aromatic N) is 1. The van der Waals surface area contributed by atoms with Crippen LogP contribution in [-0.4, -0.2) is 36.5 Å². The lowest BCUT2D eigenvalue weighted by Gasteiger charge is -2.35. The Bertz CT molecular complexity index is 184. The van der Waals surface area contributed by atoms with Gasteiger partial charge in [-0.15, -0.1) is 0 Å². The van der Waals surface area contributed by atoms with E-state index in [1.54, 1.807) is 6.92 Å². The zero-order chi connectivity index (χ0) is 10.4. The first-order chi connectivity index (χ1) is 6.74. The molecule has 1 rings (SSSR count). The largest absolute Gasteiger partial charge is 0.300 e. The highest BCUT2D eigenvalue weighted by atomic mass is 19.1. The van der Waals surface area contributed by atoms with E-state index in [4.69, 9.17) is 0 Å². The van der Waals surface area contributed by atoms with Gasteiger partial charge >= 0.3 is 0 Å². The van der Waals surface area contributed by atoms with Gasteiger partial charge in [-0.25, -0.2) is 0 Å². The number of hydrogen-bond donors (Lipinski definition) is 0. The maximum atomic E-state index is 12.0. The van der Waals surface area contributed by atoms with E-state index < -0.39 is 0 Å². The van der Waals surface area contributed by atoms with E-state index in [9.17, 15) is 9.18 Å². The number of piperidine rings is 1. The molecule has 1 aliphatic rings. The van der Waals surface area contributed by atoms with E-state index in [1.165, 1.54) is 12.8 Å². The van der Waals surface area contributed by atoms with Gasteiger partial charge in [0.1, 0.15) is 5.78 Å². The molecule has 14 heavy (non-hydrogen) atoms. The smallest absolute Gasteiger partial charge is 0.131 e. The van der Waals surface area contributed by atoms with E-state index in [-0.39, 0.29) is 12.5 Å². The molecule has 0 aliphatic carbocycles. The summed E-state index contributed by atoms with van der Waals surface area (Å²) in [6, 6.07) is 0.382. The van der Waals surface area contributed by atoms with Crippen molar-refractivity contribution in [3.8, 4) is 0 Å². The number of hydrogen-bond acceptors (Lipinski definition) is 2. The minimum absolute atomic E-state index is 0.247. The van der Waals surface area contributed by atoms with Gasteiger partial charge < -0.3 is 0 Å². The molecular weight excluding hydrogens is 181 g/mol. The first-order valence-corrected chi connectivity index (χ1v) is 5.53. The number of rotatable bonds is 5. The lowest BCUT2D eigenvalue weighted by molar-refractivity contribution is -0.118. The molecule has 1 unspecified atom stereocenters. The predicted octanol–water partition coefficient (Wildman–Crippen LogP) is 2.18. The molecule has 0 amide bonds. The van der Waals surface area contributed by atoms with Crippen molar-refractivity contribution in [1.82, 2.24) is 4.90 Å². The van der Waals surface area contributed by atoms with Crippen LogP contribution in [0.4, 0.5) is 4.39 Å². The molecule has 0 radical (unpaired) electrons. The van der Waals surface area contributed by atoms with E-state index >= 15 is 0 Å². The molecule has 82 valence electrons. The highest BCUT2D eigenvalue weighted by Gasteiger charge is 2.22. The topological polar surface area (TPSA) is 20.3 Å². The van der Waals surface area contributed by atoms with Crippen LogP contribution in [0, 0.1) is 0 Å². The number of ketones is 1. The molecule has 0 spiro atoms. The summed E-state index contributed by atoms with van der Waals surface area (Å²) < 4.78 is 12.0.